The highest BCUT2D eigenvalue weighted by molar-refractivity contribution is 6.33. The van der Waals surface area contributed by atoms with Crippen LogP contribution in [0, 0.1) is 0 Å². The molecule has 2 N–H and O–H groups in total. The van der Waals surface area contributed by atoms with Crippen molar-refractivity contribution >= 4 is 34.6 Å². The third-order valence-electron chi connectivity index (χ3n) is 4.82. The minimum atomic E-state index is -0.250. The fraction of sp³-hybridized carbons (Fsp3) is 0.381. The first-order chi connectivity index (χ1) is 13.1. The maximum Gasteiger partial charge on any atom is 0.338 e. The molecule has 1 aliphatic rings. The Balaban J connectivity index is 1.56. The molecule has 0 unspecified atom stereocenters. The van der Waals surface area contributed by atoms with Gasteiger partial charge in [-0.15, -0.1) is 0 Å². The third kappa shape index (κ3) is 4.86. The van der Waals surface area contributed by atoms with Crippen molar-refractivity contribution in [1.82, 2.24) is 0 Å². The average Bonchev–Trinajstić information content (AvgIpc) is 2.70. The Kier molecular flexibility index (Phi) is 6.45. The summed E-state index contributed by atoms with van der Waals surface area (Å²) in [6.45, 7) is 6.17. The van der Waals surface area contributed by atoms with E-state index in [-0.39, 0.29) is 5.97 Å². The van der Waals surface area contributed by atoms with Gasteiger partial charge in [0, 0.05) is 37.6 Å². The number of rotatable bonds is 6. The molecular weight excluding hydrogens is 362 g/mol. The zero-order chi connectivity index (χ0) is 19.2. The lowest BCUT2D eigenvalue weighted by atomic mass is 10.1. The van der Waals surface area contributed by atoms with E-state index in [0.717, 1.165) is 50.4 Å². The van der Waals surface area contributed by atoms with Gasteiger partial charge in [0.2, 0.25) is 0 Å². The highest BCUT2D eigenvalue weighted by atomic mass is 35.5. The Hall–Kier alpha value is -2.40. The molecule has 0 amide bonds. The topological polar surface area (TPSA) is 58.8 Å². The Morgan fingerprint density at radius 2 is 1.63 bits per heavy atom. The maximum atomic E-state index is 12.0. The van der Waals surface area contributed by atoms with Crippen LogP contribution >= 0.6 is 11.6 Å². The highest BCUT2D eigenvalue weighted by Gasteiger charge is 2.18. The second-order valence-electron chi connectivity index (χ2n) is 6.72. The number of piperazine rings is 1. The summed E-state index contributed by atoms with van der Waals surface area (Å²) in [5.41, 5.74) is 9.35. The van der Waals surface area contributed by atoms with E-state index in [0.29, 0.717) is 22.9 Å². The van der Waals surface area contributed by atoms with E-state index in [4.69, 9.17) is 22.1 Å². The van der Waals surface area contributed by atoms with Crippen molar-refractivity contribution < 1.29 is 9.53 Å². The normalized spacial score (nSPS) is 14.3. The van der Waals surface area contributed by atoms with Gasteiger partial charge in [-0.25, -0.2) is 4.79 Å². The average molecular weight is 388 g/mol. The second-order valence-corrected chi connectivity index (χ2v) is 7.12. The number of carbonyl (C=O) groups excluding carboxylic acids is 1. The fourth-order valence-electron chi connectivity index (χ4n) is 3.15. The standard InChI is InChI=1S/C21H26ClN3O2/c1-2-3-14-27-21(26)16-4-6-17(7-5-16)24-10-12-25(13-11-24)18-8-9-19(22)20(23)15-18/h4-9,15H,2-3,10-14,23H2,1H3. The molecule has 0 bridgehead atoms. The SMILES string of the molecule is CCCCOC(=O)c1ccc(N2CCN(c3ccc(Cl)c(N)c3)CC2)cc1. The van der Waals surface area contributed by atoms with Crippen LogP contribution in [0.15, 0.2) is 42.5 Å². The number of anilines is 3. The number of hydrogen-bond acceptors (Lipinski definition) is 5. The Morgan fingerprint density at radius 1 is 1.04 bits per heavy atom. The molecule has 0 spiro atoms. The summed E-state index contributed by atoms with van der Waals surface area (Å²) in [6, 6.07) is 13.5. The zero-order valence-electron chi connectivity index (χ0n) is 15.7. The number of esters is 1. The summed E-state index contributed by atoms with van der Waals surface area (Å²) in [5.74, 6) is -0.250. The molecule has 5 nitrogen and oxygen atoms in total. The van der Waals surface area contributed by atoms with E-state index >= 15 is 0 Å². The molecule has 27 heavy (non-hydrogen) atoms. The van der Waals surface area contributed by atoms with E-state index in [2.05, 4.69) is 16.7 Å². The first-order valence-electron chi connectivity index (χ1n) is 9.40. The van der Waals surface area contributed by atoms with Gasteiger partial charge in [-0.05, 0) is 48.9 Å². The van der Waals surface area contributed by atoms with Gasteiger partial charge in [0.15, 0.2) is 0 Å². The van der Waals surface area contributed by atoms with Crippen molar-refractivity contribution in [3.05, 3.63) is 53.1 Å². The zero-order valence-corrected chi connectivity index (χ0v) is 16.4. The molecule has 1 saturated heterocycles. The summed E-state index contributed by atoms with van der Waals surface area (Å²) in [5, 5.41) is 0.589. The number of halogens is 1. The van der Waals surface area contributed by atoms with Gasteiger partial charge < -0.3 is 20.3 Å². The van der Waals surface area contributed by atoms with Gasteiger partial charge in [-0.2, -0.15) is 0 Å². The monoisotopic (exact) mass is 387 g/mol. The van der Waals surface area contributed by atoms with Crippen molar-refractivity contribution in [3.63, 3.8) is 0 Å². The summed E-state index contributed by atoms with van der Waals surface area (Å²) >= 11 is 6.01. The molecule has 2 aromatic rings. The number of nitrogens with two attached hydrogens (primary N) is 1. The van der Waals surface area contributed by atoms with Crippen LogP contribution in [0.2, 0.25) is 5.02 Å². The maximum absolute atomic E-state index is 12.0. The van der Waals surface area contributed by atoms with Gasteiger partial charge >= 0.3 is 5.97 Å². The minimum absolute atomic E-state index is 0.250. The van der Waals surface area contributed by atoms with E-state index < -0.39 is 0 Å². The minimum Gasteiger partial charge on any atom is -0.462 e. The number of ether oxygens (including phenoxy) is 1. The van der Waals surface area contributed by atoms with Crippen molar-refractivity contribution in [3.8, 4) is 0 Å². The lowest BCUT2D eigenvalue weighted by Crippen LogP contribution is -2.46. The van der Waals surface area contributed by atoms with Crippen LogP contribution < -0.4 is 15.5 Å². The number of carbonyl (C=O) groups is 1. The molecule has 0 radical (unpaired) electrons. The fourth-order valence-corrected chi connectivity index (χ4v) is 3.27. The van der Waals surface area contributed by atoms with E-state index in [1.807, 2.05) is 42.5 Å². The first-order valence-corrected chi connectivity index (χ1v) is 9.78. The van der Waals surface area contributed by atoms with Crippen LogP contribution in [0.25, 0.3) is 0 Å². The molecule has 0 saturated carbocycles. The Morgan fingerprint density at radius 3 is 2.22 bits per heavy atom. The summed E-state index contributed by atoms with van der Waals surface area (Å²) in [7, 11) is 0. The third-order valence-corrected chi connectivity index (χ3v) is 5.17. The summed E-state index contributed by atoms with van der Waals surface area (Å²) < 4.78 is 5.26. The van der Waals surface area contributed by atoms with Crippen molar-refractivity contribution in [1.29, 1.82) is 0 Å². The van der Waals surface area contributed by atoms with Crippen molar-refractivity contribution in [2.75, 3.05) is 48.3 Å². The van der Waals surface area contributed by atoms with Crippen LogP contribution in [0.3, 0.4) is 0 Å². The molecular formula is C21H26ClN3O2. The molecule has 2 aromatic carbocycles. The summed E-state index contributed by atoms with van der Waals surface area (Å²) in [6.07, 6.45) is 1.91. The largest absolute Gasteiger partial charge is 0.462 e. The number of benzene rings is 2. The van der Waals surface area contributed by atoms with E-state index in [1.54, 1.807) is 0 Å². The molecule has 1 heterocycles. The van der Waals surface area contributed by atoms with Gasteiger partial charge in [-0.3, -0.25) is 0 Å². The van der Waals surface area contributed by atoms with Gasteiger partial charge in [0.05, 0.1) is 22.9 Å². The summed E-state index contributed by atoms with van der Waals surface area (Å²) in [4.78, 5) is 16.6. The van der Waals surface area contributed by atoms with Crippen LogP contribution in [0.4, 0.5) is 17.1 Å². The molecule has 0 aliphatic carbocycles. The molecule has 1 fully saturated rings. The van der Waals surface area contributed by atoms with E-state index in [1.165, 1.54) is 0 Å². The Bertz CT molecular complexity index is 771. The molecule has 0 atom stereocenters. The quantitative estimate of drug-likeness (QED) is 0.457. The van der Waals surface area contributed by atoms with Crippen LogP contribution in [-0.2, 0) is 4.74 Å². The molecule has 1 aliphatic heterocycles. The Labute approximate surface area is 165 Å². The van der Waals surface area contributed by atoms with Crippen LogP contribution in [-0.4, -0.2) is 38.8 Å². The highest BCUT2D eigenvalue weighted by Crippen LogP contribution is 2.26. The smallest absolute Gasteiger partial charge is 0.338 e. The molecule has 6 heteroatoms. The molecule has 3 rings (SSSR count). The lowest BCUT2D eigenvalue weighted by molar-refractivity contribution is 0.0500. The van der Waals surface area contributed by atoms with E-state index in [9.17, 15) is 4.79 Å². The second kappa shape index (κ2) is 9.00. The van der Waals surface area contributed by atoms with Crippen LogP contribution in [0.5, 0.6) is 0 Å². The van der Waals surface area contributed by atoms with Crippen molar-refractivity contribution in [2.45, 2.75) is 19.8 Å². The number of nitrogen functional groups attached to an aromatic ring is 1. The predicted molar refractivity (Wildman–Crippen MR) is 112 cm³/mol. The van der Waals surface area contributed by atoms with Gasteiger partial charge in [-0.1, -0.05) is 24.9 Å². The lowest BCUT2D eigenvalue weighted by Gasteiger charge is -2.37. The van der Waals surface area contributed by atoms with Gasteiger partial charge in [0.1, 0.15) is 0 Å². The van der Waals surface area contributed by atoms with Crippen LogP contribution in [0.1, 0.15) is 30.1 Å². The first kappa shape index (κ1) is 19.4. The number of hydrogen-bond donors (Lipinski definition) is 1. The number of nitrogens with zero attached hydrogens (tertiary/aromatic N) is 2. The van der Waals surface area contributed by atoms with Gasteiger partial charge in [0.25, 0.3) is 0 Å². The van der Waals surface area contributed by atoms with Crippen molar-refractivity contribution in [2.24, 2.45) is 0 Å². The predicted octanol–water partition coefficient (Wildman–Crippen LogP) is 4.21. The molecule has 144 valence electrons. The number of unbranched alkanes of at least 4 members (excludes halogenated alkanes) is 1. The molecule has 0 aromatic heterocycles.